The van der Waals surface area contributed by atoms with E-state index >= 15 is 0 Å². The molecule has 1 N–H and O–H groups in total. The van der Waals surface area contributed by atoms with E-state index in [1.54, 1.807) is 0 Å². The topological polar surface area (TPSA) is 50.8 Å². The molecule has 1 heterocycles. The molecule has 0 spiro atoms. The quantitative estimate of drug-likeness (QED) is 0.815. The van der Waals surface area contributed by atoms with E-state index in [4.69, 9.17) is 9.47 Å². The molecular formula is C18H29ClN2O3. The number of ether oxygens (including phenoxy) is 2. The lowest BCUT2D eigenvalue weighted by Gasteiger charge is -2.21. The Labute approximate surface area is 151 Å². The van der Waals surface area contributed by atoms with E-state index in [0.29, 0.717) is 24.5 Å². The van der Waals surface area contributed by atoms with Crippen LogP contribution in [0.1, 0.15) is 43.5 Å². The average molecular weight is 357 g/mol. The summed E-state index contributed by atoms with van der Waals surface area (Å²) >= 11 is 0. The second-order valence-corrected chi connectivity index (χ2v) is 5.75. The molecule has 0 bridgehead atoms. The number of halogens is 1. The summed E-state index contributed by atoms with van der Waals surface area (Å²) in [6, 6.07) is 5.51. The van der Waals surface area contributed by atoms with Crippen molar-refractivity contribution < 1.29 is 14.3 Å². The van der Waals surface area contributed by atoms with Crippen molar-refractivity contribution in [3.63, 3.8) is 0 Å². The molecule has 1 saturated heterocycles. The Kier molecular flexibility index (Phi) is 9.57. The standard InChI is InChI=1S/C18H28N2O3.ClH/c1-3-12-22-16-7-6-15(14-17(16)23-13-4-2)18(21)20-10-5-8-19-9-11-20;/h6-7,14,19H,3-5,8-13H2,1-2H3;1H. The minimum atomic E-state index is 0. The molecule has 1 fully saturated rings. The van der Waals surface area contributed by atoms with Gasteiger partial charge in [0.1, 0.15) is 0 Å². The molecule has 0 unspecified atom stereocenters. The number of carbonyl (C=O) groups excluding carboxylic acids is 1. The molecule has 136 valence electrons. The Morgan fingerprint density at radius 3 is 2.50 bits per heavy atom. The van der Waals surface area contributed by atoms with Crippen LogP contribution < -0.4 is 14.8 Å². The van der Waals surface area contributed by atoms with Crippen molar-refractivity contribution in [2.75, 3.05) is 39.4 Å². The minimum Gasteiger partial charge on any atom is -0.490 e. The maximum atomic E-state index is 12.7. The van der Waals surface area contributed by atoms with Crippen molar-refractivity contribution >= 4 is 18.3 Å². The molecule has 0 aromatic heterocycles. The molecule has 0 radical (unpaired) electrons. The Bertz CT molecular complexity index is 503. The van der Waals surface area contributed by atoms with Gasteiger partial charge >= 0.3 is 0 Å². The Hall–Kier alpha value is -1.46. The first-order valence-corrected chi connectivity index (χ1v) is 8.66. The predicted octanol–water partition coefficient (Wildman–Crippen LogP) is 3.12. The maximum Gasteiger partial charge on any atom is 0.254 e. The number of amides is 1. The molecule has 5 nitrogen and oxygen atoms in total. The van der Waals surface area contributed by atoms with Crippen LogP contribution in [0.2, 0.25) is 0 Å². The molecule has 6 heteroatoms. The molecule has 1 amide bonds. The average Bonchev–Trinajstić information content (AvgIpc) is 2.87. The third-order valence-corrected chi connectivity index (χ3v) is 3.74. The van der Waals surface area contributed by atoms with Crippen molar-refractivity contribution in [3.05, 3.63) is 23.8 Å². The monoisotopic (exact) mass is 356 g/mol. The van der Waals surface area contributed by atoms with E-state index in [1.165, 1.54) is 0 Å². The van der Waals surface area contributed by atoms with Crippen LogP contribution in [0, 0.1) is 0 Å². The summed E-state index contributed by atoms with van der Waals surface area (Å²) in [6.07, 6.45) is 2.85. The van der Waals surface area contributed by atoms with Gasteiger partial charge in [0.2, 0.25) is 0 Å². The lowest BCUT2D eigenvalue weighted by atomic mass is 10.1. The summed E-state index contributed by atoms with van der Waals surface area (Å²) in [5.74, 6) is 1.45. The fourth-order valence-electron chi connectivity index (χ4n) is 2.53. The number of hydrogen-bond donors (Lipinski definition) is 1. The van der Waals surface area contributed by atoms with Crippen LogP contribution in [-0.4, -0.2) is 50.2 Å². The number of rotatable bonds is 7. The summed E-state index contributed by atoms with van der Waals surface area (Å²) in [5.41, 5.74) is 0.668. The van der Waals surface area contributed by atoms with Gasteiger partial charge in [-0.2, -0.15) is 0 Å². The molecule has 1 aromatic carbocycles. The van der Waals surface area contributed by atoms with Crippen molar-refractivity contribution in [2.24, 2.45) is 0 Å². The van der Waals surface area contributed by atoms with E-state index in [9.17, 15) is 4.79 Å². The fraction of sp³-hybridized carbons (Fsp3) is 0.611. The van der Waals surface area contributed by atoms with Gasteiger partial charge in [0.05, 0.1) is 13.2 Å². The van der Waals surface area contributed by atoms with Gasteiger partial charge in [-0.15, -0.1) is 12.4 Å². The first-order chi connectivity index (χ1) is 11.3. The van der Waals surface area contributed by atoms with Crippen LogP contribution in [0.25, 0.3) is 0 Å². The first kappa shape index (κ1) is 20.6. The molecule has 0 atom stereocenters. The number of nitrogens with one attached hydrogen (secondary N) is 1. The number of nitrogens with zero attached hydrogens (tertiary/aromatic N) is 1. The highest BCUT2D eigenvalue weighted by Gasteiger charge is 2.19. The highest BCUT2D eigenvalue weighted by Crippen LogP contribution is 2.29. The summed E-state index contributed by atoms with van der Waals surface area (Å²) in [6.45, 7) is 8.76. The van der Waals surface area contributed by atoms with Crippen LogP contribution in [0.4, 0.5) is 0 Å². The van der Waals surface area contributed by atoms with Crippen molar-refractivity contribution in [2.45, 2.75) is 33.1 Å². The summed E-state index contributed by atoms with van der Waals surface area (Å²) < 4.78 is 11.5. The van der Waals surface area contributed by atoms with Gasteiger partial charge in [-0.05, 0) is 44.0 Å². The van der Waals surface area contributed by atoms with Crippen molar-refractivity contribution in [1.82, 2.24) is 10.2 Å². The Morgan fingerprint density at radius 2 is 1.79 bits per heavy atom. The van der Waals surface area contributed by atoms with E-state index in [2.05, 4.69) is 19.2 Å². The normalized spacial score (nSPS) is 14.5. The molecule has 0 aliphatic carbocycles. The van der Waals surface area contributed by atoms with Gasteiger partial charge in [0.15, 0.2) is 11.5 Å². The lowest BCUT2D eigenvalue weighted by molar-refractivity contribution is 0.0766. The number of hydrogen-bond acceptors (Lipinski definition) is 4. The summed E-state index contributed by atoms with van der Waals surface area (Å²) in [5, 5.41) is 3.32. The van der Waals surface area contributed by atoms with E-state index in [-0.39, 0.29) is 18.3 Å². The SMILES string of the molecule is CCCOc1ccc(C(=O)N2CCCNCC2)cc1OCCC.Cl. The van der Waals surface area contributed by atoms with Crippen molar-refractivity contribution in [3.8, 4) is 11.5 Å². The van der Waals surface area contributed by atoms with Crippen LogP contribution in [0.5, 0.6) is 11.5 Å². The van der Waals surface area contributed by atoms with Crippen LogP contribution in [0.3, 0.4) is 0 Å². The van der Waals surface area contributed by atoms with Crippen LogP contribution in [-0.2, 0) is 0 Å². The molecule has 0 saturated carbocycles. The highest BCUT2D eigenvalue weighted by atomic mass is 35.5. The molecule has 24 heavy (non-hydrogen) atoms. The smallest absolute Gasteiger partial charge is 0.254 e. The second kappa shape index (κ2) is 11.2. The number of benzene rings is 1. The largest absolute Gasteiger partial charge is 0.490 e. The Morgan fingerprint density at radius 1 is 1.08 bits per heavy atom. The zero-order valence-electron chi connectivity index (χ0n) is 14.7. The molecule has 1 aromatic rings. The van der Waals surface area contributed by atoms with Gasteiger partial charge in [0, 0.05) is 25.2 Å². The Balaban J connectivity index is 0.00000288. The summed E-state index contributed by atoms with van der Waals surface area (Å²) in [7, 11) is 0. The number of carbonyl (C=O) groups is 1. The van der Waals surface area contributed by atoms with Gasteiger partial charge in [-0.1, -0.05) is 13.8 Å². The third-order valence-electron chi connectivity index (χ3n) is 3.74. The van der Waals surface area contributed by atoms with Gasteiger partial charge in [-0.25, -0.2) is 0 Å². The van der Waals surface area contributed by atoms with Crippen LogP contribution >= 0.6 is 12.4 Å². The van der Waals surface area contributed by atoms with Crippen molar-refractivity contribution in [1.29, 1.82) is 0 Å². The molecule has 1 aliphatic rings. The molecular weight excluding hydrogens is 328 g/mol. The van der Waals surface area contributed by atoms with Gasteiger partial charge < -0.3 is 19.7 Å². The fourth-order valence-corrected chi connectivity index (χ4v) is 2.53. The highest BCUT2D eigenvalue weighted by molar-refractivity contribution is 5.95. The van der Waals surface area contributed by atoms with Crippen LogP contribution in [0.15, 0.2) is 18.2 Å². The van der Waals surface area contributed by atoms with E-state index < -0.39 is 0 Å². The third kappa shape index (κ3) is 5.87. The van der Waals surface area contributed by atoms with Gasteiger partial charge in [0.25, 0.3) is 5.91 Å². The van der Waals surface area contributed by atoms with E-state index in [0.717, 1.165) is 51.2 Å². The minimum absolute atomic E-state index is 0. The van der Waals surface area contributed by atoms with Gasteiger partial charge in [-0.3, -0.25) is 4.79 Å². The van der Waals surface area contributed by atoms with E-state index in [1.807, 2.05) is 23.1 Å². The zero-order valence-corrected chi connectivity index (χ0v) is 15.5. The molecule has 1 aliphatic heterocycles. The predicted molar refractivity (Wildman–Crippen MR) is 98.7 cm³/mol. The zero-order chi connectivity index (χ0) is 16.5. The molecule has 2 rings (SSSR count). The second-order valence-electron chi connectivity index (χ2n) is 5.75. The summed E-state index contributed by atoms with van der Waals surface area (Å²) in [4.78, 5) is 14.6. The maximum absolute atomic E-state index is 12.7. The first-order valence-electron chi connectivity index (χ1n) is 8.66. The lowest BCUT2D eigenvalue weighted by Crippen LogP contribution is -2.34.